The van der Waals surface area contributed by atoms with Crippen molar-refractivity contribution in [3.63, 3.8) is 0 Å². The molecule has 7 heteroatoms. The summed E-state index contributed by atoms with van der Waals surface area (Å²) in [6, 6.07) is 0. The molecule has 0 saturated carbocycles. The van der Waals surface area contributed by atoms with Gasteiger partial charge in [-0.05, 0) is 13.3 Å². The molecule has 0 aliphatic heterocycles. The Balaban J connectivity index is 4.79. The second kappa shape index (κ2) is 13.4. The summed E-state index contributed by atoms with van der Waals surface area (Å²) in [6.45, 7) is 5.58. The Kier molecular flexibility index (Phi) is 12.7. The number of carbonyl (C=O) groups is 1. The van der Waals surface area contributed by atoms with Gasteiger partial charge in [-0.15, -0.1) is 6.58 Å². The smallest absolute Gasteiger partial charge is 0.330 e. The van der Waals surface area contributed by atoms with E-state index in [0.29, 0.717) is 13.0 Å². The average molecular weight is 318 g/mol. The molecule has 22 heavy (non-hydrogen) atoms. The Morgan fingerprint density at radius 3 is 2.41 bits per heavy atom. The van der Waals surface area contributed by atoms with E-state index in [4.69, 9.17) is 23.7 Å². The molecule has 0 aliphatic carbocycles. The van der Waals surface area contributed by atoms with E-state index in [1.807, 2.05) is 0 Å². The molecule has 0 amide bonds. The van der Waals surface area contributed by atoms with Crippen LogP contribution < -0.4 is 0 Å². The van der Waals surface area contributed by atoms with Crippen LogP contribution in [0.5, 0.6) is 0 Å². The number of aliphatic hydroxyl groups excluding tert-OH is 1. The Bertz CT molecular complexity index is 330. The van der Waals surface area contributed by atoms with Gasteiger partial charge in [-0.25, -0.2) is 4.79 Å². The van der Waals surface area contributed by atoms with Crippen molar-refractivity contribution in [1.82, 2.24) is 0 Å². The summed E-state index contributed by atoms with van der Waals surface area (Å²) in [4.78, 5) is 11.3. The van der Waals surface area contributed by atoms with Crippen LogP contribution in [0.4, 0.5) is 0 Å². The van der Waals surface area contributed by atoms with E-state index >= 15 is 0 Å². The second-order valence-electron chi connectivity index (χ2n) is 4.27. The Labute approximate surface area is 131 Å². The van der Waals surface area contributed by atoms with Crippen molar-refractivity contribution in [2.75, 3.05) is 34.4 Å². The molecule has 0 rings (SSSR count). The van der Waals surface area contributed by atoms with Crippen LogP contribution in [-0.4, -0.2) is 63.8 Å². The summed E-state index contributed by atoms with van der Waals surface area (Å²) in [7, 11) is 2.96. The van der Waals surface area contributed by atoms with Gasteiger partial charge in [0.15, 0.2) is 0 Å². The standard InChI is InChI=1S/C15H26O7/c1-5-12(16)15(22-11-19-4)13(21-10-18-3)8-7-9-14(17)20-6-2/h5,7,9,12-13,15-16H,1,6,8,10-11H2,2-4H3/b9-7+/t12-,13-,15-/m1/s1. The fraction of sp³-hybridized carbons (Fsp3) is 0.667. The summed E-state index contributed by atoms with van der Waals surface area (Å²) < 4.78 is 25.5. The number of aliphatic hydroxyl groups is 1. The highest BCUT2D eigenvalue weighted by atomic mass is 16.7. The molecule has 0 aromatic carbocycles. The molecule has 1 N–H and O–H groups in total. The third-order valence-electron chi connectivity index (χ3n) is 2.63. The van der Waals surface area contributed by atoms with Gasteiger partial charge in [-0.2, -0.15) is 0 Å². The van der Waals surface area contributed by atoms with E-state index in [9.17, 15) is 9.90 Å². The third kappa shape index (κ3) is 8.91. The normalized spacial score (nSPS) is 15.5. The minimum absolute atomic E-state index is 0.00992. The molecule has 7 nitrogen and oxygen atoms in total. The Morgan fingerprint density at radius 1 is 1.23 bits per heavy atom. The highest BCUT2D eigenvalue weighted by Crippen LogP contribution is 2.15. The van der Waals surface area contributed by atoms with Crippen molar-refractivity contribution in [2.45, 2.75) is 31.7 Å². The monoisotopic (exact) mass is 318 g/mol. The van der Waals surface area contributed by atoms with Crippen LogP contribution in [0.1, 0.15) is 13.3 Å². The molecular weight excluding hydrogens is 292 g/mol. The first-order valence-corrected chi connectivity index (χ1v) is 6.95. The van der Waals surface area contributed by atoms with Crippen LogP contribution >= 0.6 is 0 Å². The maximum absolute atomic E-state index is 11.3. The van der Waals surface area contributed by atoms with Crippen LogP contribution in [0, 0.1) is 0 Å². The highest BCUT2D eigenvalue weighted by Gasteiger charge is 2.28. The van der Waals surface area contributed by atoms with E-state index in [0.717, 1.165) is 0 Å². The van der Waals surface area contributed by atoms with Crippen LogP contribution in [0.25, 0.3) is 0 Å². The number of rotatable bonds is 13. The van der Waals surface area contributed by atoms with Gasteiger partial charge in [-0.1, -0.05) is 12.2 Å². The number of methoxy groups -OCH3 is 2. The zero-order chi connectivity index (χ0) is 16.8. The molecule has 0 aromatic heterocycles. The van der Waals surface area contributed by atoms with Gasteiger partial charge >= 0.3 is 5.97 Å². The van der Waals surface area contributed by atoms with E-state index in [1.54, 1.807) is 13.0 Å². The molecule has 0 aromatic rings. The fourth-order valence-electron chi connectivity index (χ4n) is 1.65. The van der Waals surface area contributed by atoms with Crippen molar-refractivity contribution in [2.24, 2.45) is 0 Å². The van der Waals surface area contributed by atoms with E-state index < -0.39 is 24.3 Å². The minimum Gasteiger partial charge on any atom is -0.463 e. The molecule has 0 saturated heterocycles. The quantitative estimate of drug-likeness (QED) is 0.235. The summed E-state index contributed by atoms with van der Waals surface area (Å²) in [5.74, 6) is -0.438. The van der Waals surface area contributed by atoms with Crippen molar-refractivity contribution in [3.05, 3.63) is 24.8 Å². The van der Waals surface area contributed by atoms with Gasteiger partial charge in [0.2, 0.25) is 0 Å². The van der Waals surface area contributed by atoms with Crippen molar-refractivity contribution in [3.8, 4) is 0 Å². The number of esters is 1. The second-order valence-corrected chi connectivity index (χ2v) is 4.27. The average Bonchev–Trinajstić information content (AvgIpc) is 2.51. The van der Waals surface area contributed by atoms with E-state index in [2.05, 4.69) is 6.58 Å². The summed E-state index contributed by atoms with van der Waals surface area (Å²) in [6.07, 6.45) is 2.36. The van der Waals surface area contributed by atoms with Crippen LogP contribution in [0.2, 0.25) is 0 Å². The Hall–Kier alpha value is -1.25. The lowest BCUT2D eigenvalue weighted by Gasteiger charge is -2.28. The molecule has 0 bridgehead atoms. The van der Waals surface area contributed by atoms with Crippen LogP contribution in [0.3, 0.4) is 0 Å². The lowest BCUT2D eigenvalue weighted by Crippen LogP contribution is -2.41. The molecule has 0 heterocycles. The summed E-state index contributed by atoms with van der Waals surface area (Å²) >= 11 is 0. The van der Waals surface area contributed by atoms with Gasteiger partial charge in [0.25, 0.3) is 0 Å². The van der Waals surface area contributed by atoms with Crippen LogP contribution in [-0.2, 0) is 28.5 Å². The minimum atomic E-state index is -0.951. The topological polar surface area (TPSA) is 83.5 Å². The zero-order valence-corrected chi connectivity index (χ0v) is 13.4. The Morgan fingerprint density at radius 2 is 1.86 bits per heavy atom. The number of ether oxygens (including phenoxy) is 5. The maximum atomic E-state index is 11.3. The van der Waals surface area contributed by atoms with Crippen molar-refractivity contribution in [1.29, 1.82) is 0 Å². The lowest BCUT2D eigenvalue weighted by molar-refractivity contribution is -0.177. The van der Waals surface area contributed by atoms with Crippen LogP contribution in [0.15, 0.2) is 24.8 Å². The molecule has 128 valence electrons. The molecule has 3 atom stereocenters. The van der Waals surface area contributed by atoms with Gasteiger partial charge in [0.05, 0.1) is 12.7 Å². The first-order valence-electron chi connectivity index (χ1n) is 6.95. The molecule has 0 fully saturated rings. The fourth-order valence-corrected chi connectivity index (χ4v) is 1.65. The highest BCUT2D eigenvalue weighted by molar-refractivity contribution is 5.81. The number of hydrogen-bond donors (Lipinski definition) is 1. The first kappa shape index (κ1) is 20.8. The summed E-state index contributed by atoms with van der Waals surface area (Å²) in [5, 5.41) is 9.97. The van der Waals surface area contributed by atoms with E-state index in [-0.39, 0.29) is 13.6 Å². The maximum Gasteiger partial charge on any atom is 0.330 e. The van der Waals surface area contributed by atoms with Crippen molar-refractivity contribution >= 4 is 5.97 Å². The SMILES string of the molecule is C=C[C@@H](O)[C@@H](OCOC)[C@@H](C/C=C/C(=O)OCC)OCOC. The molecule has 0 spiro atoms. The number of carbonyl (C=O) groups excluding carboxylic acids is 1. The van der Waals surface area contributed by atoms with Gasteiger partial charge in [0.1, 0.15) is 25.8 Å². The number of hydrogen-bond acceptors (Lipinski definition) is 7. The molecule has 0 aliphatic rings. The molecule has 0 radical (unpaired) electrons. The predicted octanol–water partition coefficient (Wildman–Crippen LogP) is 1.02. The van der Waals surface area contributed by atoms with Gasteiger partial charge in [-0.3, -0.25) is 0 Å². The molecule has 0 unspecified atom stereocenters. The summed E-state index contributed by atoms with van der Waals surface area (Å²) in [5.41, 5.74) is 0. The largest absolute Gasteiger partial charge is 0.463 e. The predicted molar refractivity (Wildman–Crippen MR) is 80.1 cm³/mol. The third-order valence-corrected chi connectivity index (χ3v) is 2.63. The lowest BCUT2D eigenvalue weighted by atomic mass is 10.0. The first-order chi connectivity index (χ1) is 10.6. The van der Waals surface area contributed by atoms with Gasteiger partial charge in [0, 0.05) is 20.3 Å². The van der Waals surface area contributed by atoms with Gasteiger partial charge < -0.3 is 28.8 Å². The molecular formula is C15H26O7. The van der Waals surface area contributed by atoms with Crippen molar-refractivity contribution < 1.29 is 33.6 Å². The van der Waals surface area contributed by atoms with E-state index in [1.165, 1.54) is 26.4 Å². The zero-order valence-electron chi connectivity index (χ0n) is 13.4.